The number of nitrogens with one attached hydrogen (secondary N) is 1. The summed E-state index contributed by atoms with van der Waals surface area (Å²) in [6, 6.07) is 7.28. The van der Waals surface area contributed by atoms with Gasteiger partial charge >= 0.3 is 0 Å². The highest BCUT2D eigenvalue weighted by Crippen LogP contribution is 2.27. The Morgan fingerprint density at radius 2 is 2.10 bits per heavy atom. The predicted molar refractivity (Wildman–Crippen MR) is 79.5 cm³/mol. The maximum Gasteiger partial charge on any atom is 0.143 e. The molecule has 0 spiro atoms. The Morgan fingerprint density at radius 1 is 1.33 bits per heavy atom. The molecular formula is C15H22N2O4. The van der Waals surface area contributed by atoms with Gasteiger partial charge in [-0.25, -0.2) is 0 Å². The van der Waals surface area contributed by atoms with Crippen molar-refractivity contribution in [1.82, 2.24) is 0 Å². The van der Waals surface area contributed by atoms with Crippen LogP contribution in [0.25, 0.3) is 0 Å². The Hall–Kier alpha value is -1.81. The van der Waals surface area contributed by atoms with E-state index in [-0.39, 0.29) is 19.3 Å². The van der Waals surface area contributed by atoms with Gasteiger partial charge in [-0.3, -0.25) is 0 Å². The van der Waals surface area contributed by atoms with Gasteiger partial charge in [0.1, 0.15) is 11.8 Å². The van der Waals surface area contributed by atoms with Crippen LogP contribution in [0.3, 0.4) is 0 Å². The molecule has 0 heterocycles. The summed E-state index contributed by atoms with van der Waals surface area (Å²) in [6.45, 7) is 2.80. The Morgan fingerprint density at radius 3 is 2.71 bits per heavy atom. The van der Waals surface area contributed by atoms with Crippen molar-refractivity contribution in [1.29, 1.82) is 5.26 Å². The zero-order valence-corrected chi connectivity index (χ0v) is 12.6. The van der Waals surface area contributed by atoms with Crippen LogP contribution < -0.4 is 10.1 Å². The van der Waals surface area contributed by atoms with Gasteiger partial charge in [-0.2, -0.15) is 5.26 Å². The smallest absolute Gasteiger partial charge is 0.143 e. The van der Waals surface area contributed by atoms with Gasteiger partial charge in [0.05, 0.1) is 43.8 Å². The van der Waals surface area contributed by atoms with Crippen molar-refractivity contribution in [3.05, 3.63) is 23.8 Å². The normalized spacial score (nSPS) is 13.3. The molecule has 0 amide bonds. The van der Waals surface area contributed by atoms with Crippen molar-refractivity contribution in [3.8, 4) is 11.8 Å². The van der Waals surface area contributed by atoms with Gasteiger partial charge < -0.3 is 24.6 Å². The molecule has 6 heteroatoms. The molecule has 2 N–H and O–H groups in total. The fourth-order valence-electron chi connectivity index (χ4n) is 1.81. The standard InChI is InChI=1S/C15H22N2O4/c1-11(9-19-2)21-10-13(18)8-17-15-12(7-16)5-4-6-14(15)20-3/h4-6,11,13,17-18H,8-10H2,1-3H3. The van der Waals surface area contributed by atoms with Gasteiger partial charge in [0.25, 0.3) is 0 Å². The Bertz CT molecular complexity index is 473. The highest BCUT2D eigenvalue weighted by atomic mass is 16.5. The van der Waals surface area contributed by atoms with E-state index in [0.717, 1.165) is 0 Å². The van der Waals surface area contributed by atoms with E-state index in [0.29, 0.717) is 23.6 Å². The number of aliphatic hydroxyl groups excluding tert-OH is 1. The number of nitrogens with zero attached hydrogens (tertiary/aromatic N) is 1. The topological polar surface area (TPSA) is 83.7 Å². The summed E-state index contributed by atoms with van der Waals surface area (Å²) in [4.78, 5) is 0. The van der Waals surface area contributed by atoms with Crippen LogP contribution in [0, 0.1) is 11.3 Å². The third-order valence-electron chi connectivity index (χ3n) is 2.86. The average Bonchev–Trinajstić information content (AvgIpc) is 2.50. The highest BCUT2D eigenvalue weighted by Gasteiger charge is 2.12. The molecule has 0 aliphatic carbocycles. The van der Waals surface area contributed by atoms with Crippen molar-refractivity contribution in [2.24, 2.45) is 0 Å². The number of benzene rings is 1. The van der Waals surface area contributed by atoms with E-state index >= 15 is 0 Å². The van der Waals surface area contributed by atoms with E-state index in [4.69, 9.17) is 19.5 Å². The van der Waals surface area contributed by atoms with E-state index in [1.54, 1.807) is 25.3 Å². The van der Waals surface area contributed by atoms with E-state index in [2.05, 4.69) is 11.4 Å². The summed E-state index contributed by atoms with van der Waals surface area (Å²) in [6.07, 6.45) is -0.772. The minimum absolute atomic E-state index is 0.0782. The maximum atomic E-state index is 9.90. The van der Waals surface area contributed by atoms with Crippen molar-refractivity contribution < 1.29 is 19.3 Å². The summed E-state index contributed by atoms with van der Waals surface area (Å²) in [7, 11) is 3.14. The lowest BCUT2D eigenvalue weighted by molar-refractivity contribution is -0.0282. The second-order valence-electron chi connectivity index (χ2n) is 4.63. The Labute approximate surface area is 125 Å². The number of hydrogen-bond acceptors (Lipinski definition) is 6. The monoisotopic (exact) mass is 294 g/mol. The van der Waals surface area contributed by atoms with Crippen LogP contribution in [-0.4, -0.2) is 51.3 Å². The molecule has 116 valence electrons. The predicted octanol–water partition coefficient (Wildman–Crippen LogP) is 1.39. The van der Waals surface area contributed by atoms with Crippen molar-refractivity contribution >= 4 is 5.69 Å². The average molecular weight is 294 g/mol. The molecule has 0 radical (unpaired) electrons. The number of methoxy groups -OCH3 is 2. The SMILES string of the molecule is COCC(C)OCC(O)CNc1c(C#N)cccc1OC. The van der Waals surface area contributed by atoms with Crippen molar-refractivity contribution in [2.75, 3.05) is 39.3 Å². The van der Waals surface area contributed by atoms with Crippen molar-refractivity contribution in [3.63, 3.8) is 0 Å². The second kappa shape index (κ2) is 9.19. The van der Waals surface area contributed by atoms with Crippen molar-refractivity contribution in [2.45, 2.75) is 19.1 Å². The zero-order valence-electron chi connectivity index (χ0n) is 12.6. The summed E-state index contributed by atoms with van der Waals surface area (Å²) in [5, 5.41) is 22.0. The van der Waals surface area contributed by atoms with E-state index < -0.39 is 6.10 Å². The molecule has 1 rings (SSSR count). The van der Waals surface area contributed by atoms with E-state index in [9.17, 15) is 5.11 Å². The quantitative estimate of drug-likeness (QED) is 0.716. The van der Waals surface area contributed by atoms with Gasteiger partial charge in [-0.15, -0.1) is 0 Å². The lowest BCUT2D eigenvalue weighted by Crippen LogP contribution is -2.28. The van der Waals surface area contributed by atoms with Crippen LogP contribution in [0.1, 0.15) is 12.5 Å². The zero-order chi connectivity index (χ0) is 15.7. The van der Waals surface area contributed by atoms with E-state index in [1.807, 2.05) is 6.92 Å². The number of anilines is 1. The van der Waals surface area contributed by atoms with Gasteiger partial charge in [0.2, 0.25) is 0 Å². The third kappa shape index (κ3) is 5.60. The minimum atomic E-state index is -0.694. The first-order valence-corrected chi connectivity index (χ1v) is 6.72. The molecular weight excluding hydrogens is 272 g/mol. The molecule has 0 aliphatic heterocycles. The first-order valence-electron chi connectivity index (χ1n) is 6.72. The summed E-state index contributed by atoms with van der Waals surface area (Å²) in [5.74, 6) is 0.565. The lowest BCUT2D eigenvalue weighted by atomic mass is 10.1. The molecule has 1 aromatic carbocycles. The number of hydrogen-bond donors (Lipinski definition) is 2. The fraction of sp³-hybridized carbons (Fsp3) is 0.533. The number of para-hydroxylation sites is 1. The molecule has 0 saturated heterocycles. The number of nitriles is 1. The molecule has 0 aliphatic rings. The molecule has 0 saturated carbocycles. The minimum Gasteiger partial charge on any atom is -0.495 e. The largest absolute Gasteiger partial charge is 0.495 e. The molecule has 1 aromatic rings. The molecule has 2 unspecified atom stereocenters. The lowest BCUT2D eigenvalue weighted by Gasteiger charge is -2.18. The molecule has 2 atom stereocenters. The maximum absolute atomic E-state index is 9.90. The van der Waals surface area contributed by atoms with Crippen LogP contribution in [0.5, 0.6) is 5.75 Å². The van der Waals surface area contributed by atoms with Gasteiger partial charge in [-0.05, 0) is 19.1 Å². The summed E-state index contributed by atoms with van der Waals surface area (Å²) >= 11 is 0. The summed E-state index contributed by atoms with van der Waals surface area (Å²) in [5.41, 5.74) is 1.04. The van der Waals surface area contributed by atoms with Gasteiger partial charge in [0, 0.05) is 13.7 Å². The molecule has 21 heavy (non-hydrogen) atoms. The van der Waals surface area contributed by atoms with Crippen LogP contribution in [-0.2, 0) is 9.47 Å². The summed E-state index contributed by atoms with van der Waals surface area (Å²) < 4.78 is 15.6. The number of ether oxygens (including phenoxy) is 3. The molecule has 6 nitrogen and oxygen atoms in total. The third-order valence-corrected chi connectivity index (χ3v) is 2.86. The van der Waals surface area contributed by atoms with Crippen LogP contribution in [0.2, 0.25) is 0 Å². The first-order chi connectivity index (χ1) is 10.1. The van der Waals surface area contributed by atoms with Gasteiger partial charge in [0.15, 0.2) is 0 Å². The number of aliphatic hydroxyl groups is 1. The van der Waals surface area contributed by atoms with Gasteiger partial charge in [-0.1, -0.05) is 6.07 Å². The number of rotatable bonds is 9. The highest BCUT2D eigenvalue weighted by molar-refractivity contribution is 5.66. The van der Waals surface area contributed by atoms with E-state index in [1.165, 1.54) is 7.11 Å². The Balaban J connectivity index is 2.53. The molecule has 0 fully saturated rings. The first kappa shape index (κ1) is 17.2. The molecule has 0 aromatic heterocycles. The van der Waals surface area contributed by atoms with Crippen LogP contribution >= 0.6 is 0 Å². The van der Waals surface area contributed by atoms with Crippen LogP contribution in [0.4, 0.5) is 5.69 Å². The Kier molecular flexibility index (Phi) is 7.54. The fourth-order valence-corrected chi connectivity index (χ4v) is 1.81. The second-order valence-corrected chi connectivity index (χ2v) is 4.63. The van der Waals surface area contributed by atoms with Crippen LogP contribution in [0.15, 0.2) is 18.2 Å². The molecule has 0 bridgehead atoms.